The molecule has 0 radical (unpaired) electrons. The van der Waals surface area contributed by atoms with Crippen LogP contribution in [0.4, 0.5) is 0 Å². The molecule has 3 heteroatoms. The summed E-state index contributed by atoms with van der Waals surface area (Å²) in [6.45, 7) is 7.29. The van der Waals surface area contributed by atoms with E-state index in [0.717, 1.165) is 12.1 Å². The predicted molar refractivity (Wildman–Crippen MR) is 73.3 cm³/mol. The number of halogens is 2. The molecule has 0 fully saturated rings. The summed E-state index contributed by atoms with van der Waals surface area (Å²) in [5.74, 6) is 0. The van der Waals surface area contributed by atoms with Gasteiger partial charge >= 0.3 is 0 Å². The van der Waals surface area contributed by atoms with E-state index in [1.54, 1.807) is 6.07 Å². The summed E-state index contributed by atoms with van der Waals surface area (Å²) in [6, 6.07) is 5.91. The van der Waals surface area contributed by atoms with Crippen LogP contribution in [-0.4, -0.2) is 12.6 Å². The Balaban J connectivity index is 2.89. The molecule has 1 unspecified atom stereocenters. The zero-order valence-electron chi connectivity index (χ0n) is 9.85. The molecule has 1 rings (SSSR count). The summed E-state index contributed by atoms with van der Waals surface area (Å²) in [5, 5.41) is 4.72. The van der Waals surface area contributed by atoms with Crippen molar-refractivity contribution in [2.75, 3.05) is 6.54 Å². The van der Waals surface area contributed by atoms with Gasteiger partial charge in [0.2, 0.25) is 0 Å². The first-order valence-electron chi connectivity index (χ1n) is 5.41. The number of hydrogen-bond acceptors (Lipinski definition) is 1. The van der Waals surface area contributed by atoms with Crippen LogP contribution >= 0.6 is 23.2 Å². The first-order valence-corrected chi connectivity index (χ1v) is 6.16. The molecular formula is C13H17Cl2N. The highest BCUT2D eigenvalue weighted by molar-refractivity contribution is 6.35. The molecule has 1 atom stereocenters. The summed E-state index contributed by atoms with van der Waals surface area (Å²) in [6.07, 6.45) is 2.09. The van der Waals surface area contributed by atoms with Crippen molar-refractivity contribution >= 4 is 29.3 Å². The second-order valence-corrected chi connectivity index (χ2v) is 4.68. The smallest absolute Gasteiger partial charge is 0.0493 e. The molecule has 0 aliphatic carbocycles. The monoisotopic (exact) mass is 257 g/mol. The van der Waals surface area contributed by atoms with Crippen molar-refractivity contribution in [2.45, 2.75) is 26.8 Å². The van der Waals surface area contributed by atoms with E-state index in [1.165, 1.54) is 5.57 Å². The van der Waals surface area contributed by atoms with Crippen molar-refractivity contribution < 1.29 is 0 Å². The SMILES string of the molecule is CCNC(C)/C(C)=C/c1ccc(Cl)cc1Cl. The third-order valence-corrected chi connectivity index (χ3v) is 3.10. The number of benzene rings is 1. The summed E-state index contributed by atoms with van der Waals surface area (Å²) >= 11 is 12.0. The van der Waals surface area contributed by atoms with Crippen molar-refractivity contribution in [3.05, 3.63) is 39.4 Å². The topological polar surface area (TPSA) is 12.0 Å². The molecule has 0 amide bonds. The molecule has 1 aromatic carbocycles. The van der Waals surface area contributed by atoms with Gasteiger partial charge in [0.25, 0.3) is 0 Å². The fourth-order valence-electron chi connectivity index (χ4n) is 1.46. The Morgan fingerprint density at radius 2 is 2.12 bits per heavy atom. The highest BCUT2D eigenvalue weighted by Crippen LogP contribution is 2.23. The molecule has 0 saturated carbocycles. The third kappa shape index (κ3) is 3.82. The lowest BCUT2D eigenvalue weighted by molar-refractivity contribution is 0.636. The van der Waals surface area contributed by atoms with Gasteiger partial charge in [-0.05, 0) is 38.1 Å². The number of rotatable bonds is 4. The van der Waals surface area contributed by atoms with E-state index >= 15 is 0 Å². The minimum atomic E-state index is 0.358. The molecule has 0 heterocycles. The standard InChI is InChI=1S/C13H17Cl2N/c1-4-16-10(3)9(2)7-11-5-6-12(14)8-13(11)15/h5-8,10,16H,4H2,1-3H3/b9-7+. The maximum absolute atomic E-state index is 6.11. The highest BCUT2D eigenvalue weighted by atomic mass is 35.5. The average Bonchev–Trinajstić information content (AvgIpc) is 2.22. The summed E-state index contributed by atoms with van der Waals surface area (Å²) in [4.78, 5) is 0. The van der Waals surface area contributed by atoms with Crippen molar-refractivity contribution in [3.63, 3.8) is 0 Å². The van der Waals surface area contributed by atoms with Gasteiger partial charge in [-0.3, -0.25) is 0 Å². The van der Waals surface area contributed by atoms with Gasteiger partial charge in [-0.1, -0.05) is 47.8 Å². The van der Waals surface area contributed by atoms with Crippen molar-refractivity contribution in [1.82, 2.24) is 5.32 Å². The first-order chi connectivity index (χ1) is 7.54. The maximum atomic E-state index is 6.11. The largest absolute Gasteiger partial charge is 0.311 e. The third-order valence-electron chi connectivity index (χ3n) is 2.54. The zero-order valence-corrected chi connectivity index (χ0v) is 11.4. The Bertz CT molecular complexity index is 386. The second kappa shape index (κ2) is 6.29. The lowest BCUT2D eigenvalue weighted by Gasteiger charge is -2.13. The van der Waals surface area contributed by atoms with E-state index in [0.29, 0.717) is 16.1 Å². The summed E-state index contributed by atoms with van der Waals surface area (Å²) in [7, 11) is 0. The second-order valence-electron chi connectivity index (χ2n) is 3.83. The van der Waals surface area contributed by atoms with Crippen LogP contribution in [0.25, 0.3) is 6.08 Å². The van der Waals surface area contributed by atoms with Crippen molar-refractivity contribution in [2.24, 2.45) is 0 Å². The van der Waals surface area contributed by atoms with Gasteiger partial charge < -0.3 is 5.32 Å². The van der Waals surface area contributed by atoms with Crippen LogP contribution < -0.4 is 5.32 Å². The zero-order chi connectivity index (χ0) is 12.1. The Morgan fingerprint density at radius 1 is 1.44 bits per heavy atom. The molecule has 0 aliphatic rings. The lowest BCUT2D eigenvalue weighted by atomic mass is 10.1. The highest BCUT2D eigenvalue weighted by Gasteiger charge is 2.04. The van der Waals surface area contributed by atoms with E-state index in [4.69, 9.17) is 23.2 Å². The fraction of sp³-hybridized carbons (Fsp3) is 0.385. The van der Waals surface area contributed by atoms with Crippen LogP contribution in [0.15, 0.2) is 23.8 Å². The normalized spacial score (nSPS) is 13.9. The van der Waals surface area contributed by atoms with Crippen LogP contribution in [0.1, 0.15) is 26.3 Å². The van der Waals surface area contributed by atoms with E-state index in [9.17, 15) is 0 Å². The Labute approximate surface area is 107 Å². The van der Waals surface area contributed by atoms with Gasteiger partial charge in [0.1, 0.15) is 0 Å². The Hall–Kier alpha value is -0.500. The van der Waals surface area contributed by atoms with Crippen molar-refractivity contribution in [3.8, 4) is 0 Å². The van der Waals surface area contributed by atoms with E-state index in [-0.39, 0.29) is 0 Å². The first kappa shape index (κ1) is 13.6. The van der Waals surface area contributed by atoms with Crippen molar-refractivity contribution in [1.29, 1.82) is 0 Å². The fourth-order valence-corrected chi connectivity index (χ4v) is 1.92. The van der Waals surface area contributed by atoms with E-state index in [1.807, 2.05) is 12.1 Å². The molecule has 0 aliphatic heterocycles. The molecular weight excluding hydrogens is 241 g/mol. The predicted octanol–water partition coefficient (Wildman–Crippen LogP) is 4.39. The van der Waals surface area contributed by atoms with Crippen LogP contribution in [0.5, 0.6) is 0 Å². The Kier molecular flexibility index (Phi) is 5.33. The van der Waals surface area contributed by atoms with Crippen LogP contribution in [-0.2, 0) is 0 Å². The van der Waals surface area contributed by atoms with Gasteiger partial charge in [0, 0.05) is 16.1 Å². The molecule has 0 bridgehead atoms. The lowest BCUT2D eigenvalue weighted by Crippen LogP contribution is -2.26. The number of hydrogen-bond donors (Lipinski definition) is 1. The van der Waals surface area contributed by atoms with Crippen LogP contribution in [0, 0.1) is 0 Å². The number of nitrogens with one attached hydrogen (secondary N) is 1. The molecule has 88 valence electrons. The quantitative estimate of drug-likeness (QED) is 0.844. The van der Waals surface area contributed by atoms with E-state index in [2.05, 4.69) is 32.2 Å². The van der Waals surface area contributed by atoms with E-state index < -0.39 is 0 Å². The molecule has 1 aromatic rings. The minimum absolute atomic E-state index is 0.358. The van der Waals surface area contributed by atoms with Crippen LogP contribution in [0.3, 0.4) is 0 Å². The molecule has 0 spiro atoms. The van der Waals surface area contributed by atoms with Gasteiger partial charge in [0.15, 0.2) is 0 Å². The van der Waals surface area contributed by atoms with Crippen LogP contribution in [0.2, 0.25) is 10.0 Å². The minimum Gasteiger partial charge on any atom is -0.311 e. The molecule has 0 saturated heterocycles. The summed E-state index contributed by atoms with van der Waals surface area (Å²) in [5.41, 5.74) is 2.26. The number of likely N-dealkylation sites (N-methyl/N-ethyl adjacent to an activating group) is 1. The van der Waals surface area contributed by atoms with Gasteiger partial charge in [0.05, 0.1) is 0 Å². The molecule has 1 nitrogen and oxygen atoms in total. The van der Waals surface area contributed by atoms with Gasteiger partial charge in [-0.2, -0.15) is 0 Å². The Morgan fingerprint density at radius 3 is 2.69 bits per heavy atom. The molecule has 0 aromatic heterocycles. The van der Waals surface area contributed by atoms with Gasteiger partial charge in [-0.25, -0.2) is 0 Å². The summed E-state index contributed by atoms with van der Waals surface area (Å²) < 4.78 is 0. The molecule has 16 heavy (non-hydrogen) atoms. The van der Waals surface area contributed by atoms with Gasteiger partial charge in [-0.15, -0.1) is 0 Å². The maximum Gasteiger partial charge on any atom is 0.0493 e. The molecule has 1 N–H and O–H groups in total. The average molecular weight is 258 g/mol.